The fourth-order valence-corrected chi connectivity index (χ4v) is 2.27. The zero-order valence-electron chi connectivity index (χ0n) is 13.1. The first-order valence-electron chi connectivity index (χ1n) is 7.35. The molecule has 0 amide bonds. The van der Waals surface area contributed by atoms with E-state index in [1.165, 1.54) is 7.05 Å². The number of ketones is 1. The fourth-order valence-electron chi connectivity index (χ4n) is 2.27. The van der Waals surface area contributed by atoms with Gasteiger partial charge in [0.15, 0.2) is 5.78 Å². The van der Waals surface area contributed by atoms with E-state index >= 15 is 0 Å². The Hall–Kier alpha value is -1.22. The molecule has 1 saturated carbocycles. The Bertz CT molecular complexity index is 549. The lowest BCUT2D eigenvalue weighted by Gasteiger charge is -2.36. The summed E-state index contributed by atoms with van der Waals surface area (Å²) >= 11 is 0. The van der Waals surface area contributed by atoms with Crippen LogP contribution in [0.4, 0.5) is 4.39 Å². The Kier molecular flexibility index (Phi) is 1.94. The number of rotatable bonds is 2. The van der Waals surface area contributed by atoms with Gasteiger partial charge in [0.1, 0.15) is 11.4 Å². The third-order valence-corrected chi connectivity index (χ3v) is 3.18. The third kappa shape index (κ3) is 1.65. The van der Waals surface area contributed by atoms with Gasteiger partial charge in [-0.05, 0) is 25.9 Å². The van der Waals surface area contributed by atoms with Crippen LogP contribution in [-0.2, 0) is 10.3 Å². The lowest BCUT2D eigenvalue weighted by atomic mass is 9.75. The van der Waals surface area contributed by atoms with Gasteiger partial charge in [-0.3, -0.25) is 4.79 Å². The predicted octanol–water partition coefficient (Wildman–Crippen LogP) is 2.38. The summed E-state index contributed by atoms with van der Waals surface area (Å²) in [6.07, 6.45) is 2.04. The maximum Gasteiger partial charge on any atom is 0.157 e. The molecule has 1 aliphatic carbocycles. The quantitative estimate of drug-likeness (QED) is 0.837. The monoisotopic (exact) mass is 225 g/mol. The van der Waals surface area contributed by atoms with Crippen LogP contribution >= 0.6 is 0 Å². The Morgan fingerprint density at radius 1 is 1.44 bits per heavy atom. The molecular formula is C13H16FNO. The van der Waals surface area contributed by atoms with Crippen molar-refractivity contribution in [3.05, 3.63) is 35.6 Å². The molecule has 2 nitrogen and oxygen atoms in total. The smallest absolute Gasteiger partial charge is 0.157 e. The highest BCUT2D eigenvalue weighted by atomic mass is 19.1. The summed E-state index contributed by atoms with van der Waals surface area (Å²) in [6, 6.07) is -2.34. The number of likely N-dealkylation sites (N-methyl/N-ethyl adjacent to an activating group) is 1. The standard InChI is InChI=1S/C13H16FNO/c1-15-13(9-5-4-8-12(13)16)10-6-2-3-7-11(10)14/h2-3,6-7,15H,4-5,8-9H2,1H3/i2D,3D,6D,7D. The number of carbonyl (C=O) groups excluding carboxylic acids is 1. The maximum atomic E-state index is 14.4. The molecule has 3 heteroatoms. The summed E-state index contributed by atoms with van der Waals surface area (Å²) in [6.45, 7) is 0. The van der Waals surface area contributed by atoms with Crippen LogP contribution in [-0.4, -0.2) is 12.8 Å². The number of hydrogen-bond acceptors (Lipinski definition) is 2. The van der Waals surface area contributed by atoms with Crippen LogP contribution < -0.4 is 5.32 Å². The summed E-state index contributed by atoms with van der Waals surface area (Å²) in [5.74, 6) is -1.27. The average molecular weight is 225 g/mol. The molecule has 0 heterocycles. The van der Waals surface area contributed by atoms with E-state index in [1.54, 1.807) is 0 Å². The molecule has 2 rings (SSSR count). The van der Waals surface area contributed by atoms with E-state index in [2.05, 4.69) is 5.32 Å². The molecule has 1 aromatic rings. The summed E-state index contributed by atoms with van der Waals surface area (Å²) < 4.78 is 45.0. The van der Waals surface area contributed by atoms with Gasteiger partial charge in [-0.1, -0.05) is 24.5 Å². The number of nitrogens with one attached hydrogen (secondary N) is 1. The first kappa shape index (κ1) is 7.17. The highest BCUT2D eigenvalue weighted by molar-refractivity contribution is 5.90. The van der Waals surface area contributed by atoms with E-state index in [1.807, 2.05) is 0 Å². The molecule has 16 heavy (non-hydrogen) atoms. The minimum atomic E-state index is -1.35. The second-order valence-electron chi connectivity index (χ2n) is 3.97. The van der Waals surface area contributed by atoms with Gasteiger partial charge >= 0.3 is 0 Å². The van der Waals surface area contributed by atoms with Crippen molar-refractivity contribution in [2.45, 2.75) is 31.2 Å². The van der Waals surface area contributed by atoms with E-state index in [9.17, 15) is 9.18 Å². The van der Waals surface area contributed by atoms with Crippen LogP contribution in [0.15, 0.2) is 24.2 Å². The number of hydrogen-bond donors (Lipinski definition) is 1. The molecule has 0 saturated heterocycles. The molecular weight excluding hydrogens is 205 g/mol. The van der Waals surface area contributed by atoms with Crippen LogP contribution in [0.25, 0.3) is 0 Å². The lowest BCUT2D eigenvalue weighted by molar-refractivity contribution is -0.127. The van der Waals surface area contributed by atoms with Crippen molar-refractivity contribution in [1.29, 1.82) is 0 Å². The third-order valence-electron chi connectivity index (χ3n) is 3.18. The molecule has 0 aliphatic heterocycles. The predicted molar refractivity (Wildman–Crippen MR) is 60.6 cm³/mol. The second kappa shape index (κ2) is 4.34. The zero-order chi connectivity index (χ0) is 15.1. The van der Waals surface area contributed by atoms with Crippen LogP contribution in [0.2, 0.25) is 0 Å². The van der Waals surface area contributed by atoms with Gasteiger partial charge in [0, 0.05) is 12.0 Å². The first-order valence-corrected chi connectivity index (χ1v) is 5.35. The molecule has 1 atom stereocenters. The van der Waals surface area contributed by atoms with Gasteiger partial charge < -0.3 is 5.32 Å². The van der Waals surface area contributed by atoms with Crippen molar-refractivity contribution in [3.8, 4) is 0 Å². The van der Waals surface area contributed by atoms with E-state index in [0.717, 1.165) is 6.42 Å². The van der Waals surface area contributed by atoms with Crippen molar-refractivity contribution >= 4 is 5.78 Å². The van der Waals surface area contributed by atoms with Crippen molar-refractivity contribution in [2.75, 3.05) is 7.05 Å². The van der Waals surface area contributed by atoms with Gasteiger partial charge in [0.2, 0.25) is 0 Å². The molecule has 0 spiro atoms. The summed E-state index contributed by atoms with van der Waals surface area (Å²) in [5, 5.41) is 2.80. The average Bonchev–Trinajstić information content (AvgIpc) is 2.45. The van der Waals surface area contributed by atoms with Crippen molar-refractivity contribution in [2.24, 2.45) is 0 Å². The number of carbonyl (C=O) groups is 1. The Labute approximate surface area is 100 Å². The summed E-state index contributed by atoms with van der Waals surface area (Å²) in [4.78, 5) is 12.3. The van der Waals surface area contributed by atoms with E-state index in [0.29, 0.717) is 12.8 Å². The number of benzene rings is 1. The molecule has 0 aromatic heterocycles. The van der Waals surface area contributed by atoms with Crippen LogP contribution in [0, 0.1) is 5.82 Å². The minimum Gasteiger partial charge on any atom is -0.304 e. The lowest BCUT2D eigenvalue weighted by Crippen LogP contribution is -2.49. The van der Waals surface area contributed by atoms with Crippen LogP contribution in [0.3, 0.4) is 0 Å². The van der Waals surface area contributed by atoms with Crippen LogP contribution in [0.5, 0.6) is 0 Å². The normalized spacial score (nSPS) is 29.2. The highest BCUT2D eigenvalue weighted by Crippen LogP contribution is 2.35. The van der Waals surface area contributed by atoms with Crippen molar-refractivity contribution in [3.63, 3.8) is 0 Å². The molecule has 86 valence electrons. The molecule has 1 fully saturated rings. The number of Topliss-reactive ketones (excluding diaryl/α,β-unsaturated/α-hetero) is 1. The van der Waals surface area contributed by atoms with Gasteiger partial charge in [0.05, 0.1) is 5.48 Å². The van der Waals surface area contributed by atoms with Gasteiger partial charge in [0.25, 0.3) is 0 Å². The van der Waals surface area contributed by atoms with Gasteiger partial charge in [-0.15, -0.1) is 0 Å². The van der Waals surface area contributed by atoms with Gasteiger partial charge in [-0.25, -0.2) is 4.39 Å². The summed E-state index contributed by atoms with van der Waals surface area (Å²) in [5.41, 5.74) is -1.60. The molecule has 0 bridgehead atoms. The first-order chi connectivity index (χ1) is 9.36. The second-order valence-corrected chi connectivity index (χ2v) is 3.97. The minimum absolute atomic E-state index is 0.227. The molecule has 1 aliphatic rings. The number of halogens is 1. The van der Waals surface area contributed by atoms with Gasteiger partial charge in [-0.2, -0.15) is 0 Å². The Morgan fingerprint density at radius 2 is 2.19 bits per heavy atom. The van der Waals surface area contributed by atoms with E-state index in [4.69, 9.17) is 5.48 Å². The van der Waals surface area contributed by atoms with E-state index in [-0.39, 0.29) is 17.8 Å². The largest absolute Gasteiger partial charge is 0.304 e. The Morgan fingerprint density at radius 3 is 2.88 bits per heavy atom. The fraction of sp³-hybridized carbons (Fsp3) is 0.462. The maximum absolute atomic E-state index is 14.4. The van der Waals surface area contributed by atoms with Crippen molar-refractivity contribution in [1.82, 2.24) is 5.32 Å². The van der Waals surface area contributed by atoms with Crippen molar-refractivity contribution < 1.29 is 14.7 Å². The summed E-state index contributed by atoms with van der Waals surface area (Å²) in [7, 11) is 1.52. The Balaban J connectivity index is 2.76. The molecule has 1 N–H and O–H groups in total. The molecule has 0 radical (unpaired) electrons. The highest BCUT2D eigenvalue weighted by Gasteiger charge is 2.41. The SMILES string of the molecule is [2H]c1c([2H])c([2H])c(C2(NC)CCCCC2=O)c(F)c1[2H]. The zero-order valence-corrected chi connectivity index (χ0v) is 9.11. The molecule has 1 aromatic carbocycles. The van der Waals surface area contributed by atoms with Crippen LogP contribution in [0.1, 0.15) is 36.7 Å². The molecule has 1 unspecified atom stereocenters. The van der Waals surface area contributed by atoms with E-state index < -0.39 is 35.5 Å². The topological polar surface area (TPSA) is 29.1 Å².